The Balaban J connectivity index is 1.68. The molecule has 3 heteroatoms. The second kappa shape index (κ2) is 4.64. The number of aromatic amines is 1. The summed E-state index contributed by atoms with van der Waals surface area (Å²) in [5, 5.41) is 1.41. The number of benzene rings is 1. The van der Waals surface area contributed by atoms with E-state index in [1.165, 1.54) is 59.7 Å². The van der Waals surface area contributed by atoms with Gasteiger partial charge in [-0.1, -0.05) is 15.9 Å². The van der Waals surface area contributed by atoms with E-state index in [0.29, 0.717) is 0 Å². The van der Waals surface area contributed by atoms with Crippen molar-refractivity contribution in [1.29, 1.82) is 0 Å². The number of nitrogens with zero attached hydrogens (tertiary/aromatic N) is 1. The summed E-state index contributed by atoms with van der Waals surface area (Å²) < 4.78 is 1.18. The highest BCUT2D eigenvalue weighted by Crippen LogP contribution is 2.39. The number of hydrogen-bond acceptors (Lipinski definition) is 1. The van der Waals surface area contributed by atoms with Crippen LogP contribution in [0.1, 0.15) is 37.2 Å². The third-order valence-electron chi connectivity index (χ3n) is 4.94. The second-order valence-corrected chi connectivity index (χ2v) is 6.90. The van der Waals surface area contributed by atoms with Gasteiger partial charge < -0.3 is 9.88 Å². The highest BCUT2D eigenvalue weighted by molar-refractivity contribution is 9.10. The van der Waals surface area contributed by atoms with Gasteiger partial charge in [-0.2, -0.15) is 0 Å². The molecule has 0 amide bonds. The molecule has 0 spiro atoms. The maximum absolute atomic E-state index is 3.60. The van der Waals surface area contributed by atoms with E-state index in [1.54, 1.807) is 0 Å². The van der Waals surface area contributed by atoms with Crippen LogP contribution in [0.5, 0.6) is 0 Å². The van der Waals surface area contributed by atoms with Crippen LogP contribution in [-0.4, -0.2) is 29.0 Å². The molecule has 2 saturated heterocycles. The molecular formula is C16H19BrN2. The first-order chi connectivity index (χ1) is 9.31. The number of piperidine rings is 1. The molecule has 2 aliphatic heterocycles. The van der Waals surface area contributed by atoms with Crippen molar-refractivity contribution in [2.45, 2.75) is 37.6 Å². The molecule has 2 aromatic rings. The molecular weight excluding hydrogens is 300 g/mol. The zero-order valence-corrected chi connectivity index (χ0v) is 12.6. The van der Waals surface area contributed by atoms with Crippen LogP contribution in [0.25, 0.3) is 10.9 Å². The Hall–Kier alpha value is -0.800. The summed E-state index contributed by atoms with van der Waals surface area (Å²) in [4.78, 5) is 6.13. The van der Waals surface area contributed by atoms with Gasteiger partial charge in [-0.25, -0.2) is 0 Å². The maximum atomic E-state index is 3.60. The Morgan fingerprint density at radius 2 is 2.16 bits per heavy atom. The number of aromatic nitrogens is 1. The van der Waals surface area contributed by atoms with Crippen LogP contribution in [0.15, 0.2) is 28.9 Å². The number of rotatable bonds is 1. The first-order valence-corrected chi connectivity index (χ1v) is 8.11. The van der Waals surface area contributed by atoms with E-state index in [4.69, 9.17) is 0 Å². The van der Waals surface area contributed by atoms with Crippen molar-refractivity contribution < 1.29 is 0 Å². The molecule has 2 atom stereocenters. The average molecular weight is 319 g/mol. The third kappa shape index (κ3) is 2.03. The van der Waals surface area contributed by atoms with Gasteiger partial charge in [0.25, 0.3) is 0 Å². The lowest BCUT2D eigenvalue weighted by molar-refractivity contribution is 0.181. The molecule has 2 fully saturated rings. The second-order valence-electron chi connectivity index (χ2n) is 5.99. The minimum atomic E-state index is 0.738. The monoisotopic (exact) mass is 318 g/mol. The summed E-state index contributed by atoms with van der Waals surface area (Å²) in [6.45, 7) is 2.62. The Morgan fingerprint density at radius 3 is 3.11 bits per heavy atom. The highest BCUT2D eigenvalue weighted by Gasteiger charge is 2.32. The standard InChI is InChI=1S/C16H19BrN2/c17-12-3-4-16-14(9-12)15(10-18-16)11-5-7-19-6-1-2-13(19)8-11/h3-4,9-11,13,18H,1-2,5-8H2/t11-,13+/m1/s1. The van der Waals surface area contributed by atoms with E-state index in [0.717, 1.165) is 12.0 Å². The van der Waals surface area contributed by atoms with Crippen LogP contribution < -0.4 is 0 Å². The van der Waals surface area contributed by atoms with Crippen molar-refractivity contribution in [3.63, 3.8) is 0 Å². The molecule has 1 aromatic heterocycles. The molecule has 0 aliphatic carbocycles. The third-order valence-corrected chi connectivity index (χ3v) is 5.43. The minimum Gasteiger partial charge on any atom is -0.361 e. The van der Waals surface area contributed by atoms with Gasteiger partial charge in [0.1, 0.15) is 0 Å². The summed E-state index contributed by atoms with van der Waals surface area (Å²) in [6, 6.07) is 7.40. The molecule has 2 nitrogen and oxygen atoms in total. The van der Waals surface area contributed by atoms with E-state index in [1.807, 2.05) is 0 Å². The van der Waals surface area contributed by atoms with Crippen molar-refractivity contribution in [2.24, 2.45) is 0 Å². The number of nitrogens with one attached hydrogen (secondary N) is 1. The van der Waals surface area contributed by atoms with Gasteiger partial charge in [-0.05, 0) is 68.5 Å². The van der Waals surface area contributed by atoms with Crippen molar-refractivity contribution in [3.8, 4) is 0 Å². The molecule has 4 rings (SSSR count). The predicted octanol–water partition coefficient (Wildman–Crippen LogP) is 4.27. The molecule has 3 heterocycles. The Bertz CT molecular complexity index is 604. The van der Waals surface area contributed by atoms with Crippen molar-refractivity contribution in [2.75, 3.05) is 13.1 Å². The number of hydrogen-bond donors (Lipinski definition) is 1. The molecule has 100 valence electrons. The lowest BCUT2D eigenvalue weighted by Gasteiger charge is -2.34. The summed E-state index contributed by atoms with van der Waals surface area (Å²) in [6.07, 6.45) is 7.71. The molecule has 19 heavy (non-hydrogen) atoms. The fourth-order valence-electron chi connectivity index (χ4n) is 3.96. The summed E-state index contributed by atoms with van der Waals surface area (Å²) >= 11 is 3.60. The zero-order valence-electron chi connectivity index (χ0n) is 11.0. The minimum absolute atomic E-state index is 0.738. The SMILES string of the molecule is Brc1ccc2[nH]cc([C@@H]3CCN4CCC[C@H]4C3)c2c1. The van der Waals surface area contributed by atoms with Gasteiger partial charge in [0.15, 0.2) is 0 Å². The smallest absolute Gasteiger partial charge is 0.0457 e. The van der Waals surface area contributed by atoms with E-state index in [-0.39, 0.29) is 0 Å². The molecule has 0 bridgehead atoms. The summed E-state index contributed by atoms with van der Waals surface area (Å²) in [5.74, 6) is 0.738. The van der Waals surface area contributed by atoms with Crippen LogP contribution in [0.2, 0.25) is 0 Å². The molecule has 0 unspecified atom stereocenters. The van der Waals surface area contributed by atoms with E-state index < -0.39 is 0 Å². The van der Waals surface area contributed by atoms with E-state index in [2.05, 4.69) is 50.2 Å². The predicted molar refractivity (Wildman–Crippen MR) is 82.6 cm³/mol. The normalized spacial score (nSPS) is 27.8. The summed E-state index contributed by atoms with van der Waals surface area (Å²) in [5.41, 5.74) is 2.80. The Kier molecular flexibility index (Phi) is 2.92. The Morgan fingerprint density at radius 1 is 1.21 bits per heavy atom. The Labute approximate surface area is 122 Å². The van der Waals surface area contributed by atoms with Gasteiger partial charge in [-0.3, -0.25) is 0 Å². The lowest BCUT2D eigenvalue weighted by atomic mass is 9.85. The highest BCUT2D eigenvalue weighted by atomic mass is 79.9. The van der Waals surface area contributed by atoms with E-state index >= 15 is 0 Å². The first-order valence-electron chi connectivity index (χ1n) is 7.32. The lowest BCUT2D eigenvalue weighted by Crippen LogP contribution is -2.37. The van der Waals surface area contributed by atoms with Crippen LogP contribution in [0.3, 0.4) is 0 Å². The van der Waals surface area contributed by atoms with Gasteiger partial charge in [0.2, 0.25) is 0 Å². The van der Waals surface area contributed by atoms with E-state index in [9.17, 15) is 0 Å². The fourth-order valence-corrected chi connectivity index (χ4v) is 4.32. The molecule has 1 aromatic carbocycles. The van der Waals surface area contributed by atoms with Gasteiger partial charge >= 0.3 is 0 Å². The summed E-state index contributed by atoms with van der Waals surface area (Å²) in [7, 11) is 0. The first kappa shape index (κ1) is 12.0. The number of fused-ring (bicyclic) bond motifs is 2. The molecule has 0 saturated carbocycles. The van der Waals surface area contributed by atoms with Crippen LogP contribution in [0.4, 0.5) is 0 Å². The molecule has 1 N–H and O–H groups in total. The van der Waals surface area contributed by atoms with Crippen LogP contribution in [-0.2, 0) is 0 Å². The number of H-pyrrole nitrogens is 1. The zero-order chi connectivity index (χ0) is 12.8. The molecule has 0 radical (unpaired) electrons. The van der Waals surface area contributed by atoms with Crippen LogP contribution >= 0.6 is 15.9 Å². The van der Waals surface area contributed by atoms with Gasteiger partial charge in [-0.15, -0.1) is 0 Å². The molecule has 2 aliphatic rings. The number of halogens is 1. The average Bonchev–Trinajstić information content (AvgIpc) is 3.03. The van der Waals surface area contributed by atoms with Crippen molar-refractivity contribution in [1.82, 2.24) is 9.88 Å². The fraction of sp³-hybridized carbons (Fsp3) is 0.500. The van der Waals surface area contributed by atoms with Crippen LogP contribution in [0, 0.1) is 0 Å². The van der Waals surface area contributed by atoms with Crippen molar-refractivity contribution in [3.05, 3.63) is 34.4 Å². The van der Waals surface area contributed by atoms with Gasteiger partial charge in [0.05, 0.1) is 0 Å². The largest absolute Gasteiger partial charge is 0.361 e. The van der Waals surface area contributed by atoms with Crippen molar-refractivity contribution >= 4 is 26.8 Å². The maximum Gasteiger partial charge on any atom is 0.0457 e. The quantitative estimate of drug-likeness (QED) is 0.831. The van der Waals surface area contributed by atoms with Gasteiger partial charge in [0, 0.05) is 27.6 Å². The topological polar surface area (TPSA) is 19.0 Å².